The monoisotopic (exact) mass is 958 g/mol. The van der Waals surface area contributed by atoms with E-state index in [1.54, 1.807) is 13.8 Å². The molecule has 1 N–H and O–H groups in total. The smallest absolute Gasteiger partial charge is 0.550 e. The number of unbranched alkanes of at least 4 members (excludes halogenated alkanes) is 33. The first-order chi connectivity index (χ1) is 30.6. The summed E-state index contributed by atoms with van der Waals surface area (Å²) in [6.07, 6.45) is 50.8. The number of aliphatic hydroxyl groups excluding tert-OH is 1. The number of hydrogen-bond donors (Lipinski definition) is 1. The minimum Gasteiger partial charge on any atom is -0.550 e. The van der Waals surface area contributed by atoms with Gasteiger partial charge in [0.2, 0.25) is 0 Å². The van der Waals surface area contributed by atoms with Gasteiger partial charge in [0.1, 0.15) is 0 Å². The molecule has 0 aromatic rings. The van der Waals surface area contributed by atoms with Gasteiger partial charge >= 0.3 is 21.7 Å². The third kappa shape index (κ3) is 93.8. The van der Waals surface area contributed by atoms with Crippen molar-refractivity contribution in [2.75, 3.05) is 0 Å². The molecule has 0 bridgehead atoms. The molecule has 0 aromatic carbocycles. The first-order valence-electron chi connectivity index (χ1n) is 27.9. The SMILES string of the molecule is CC(C)CCCCCCCCCCCCCCC(=O)[O-].CC(C)CCCCCCCCCCCCCCC(=O)[O-].CC(C)CCCCCCCCCCCCCCC(=O)[O-].CC(C)O.[Ti+3]. The Balaban J connectivity index is -0.000000263. The summed E-state index contributed by atoms with van der Waals surface area (Å²) in [7, 11) is 0. The van der Waals surface area contributed by atoms with E-state index in [0.29, 0.717) is 0 Å². The van der Waals surface area contributed by atoms with Crippen LogP contribution in [0.2, 0.25) is 0 Å². The van der Waals surface area contributed by atoms with E-state index in [1.807, 2.05) is 0 Å². The zero-order chi connectivity index (χ0) is 48.7. The number of rotatable bonds is 45. The molecule has 0 unspecified atom stereocenters. The molecule has 0 aliphatic carbocycles. The topological polar surface area (TPSA) is 141 Å². The molecule has 65 heavy (non-hydrogen) atoms. The van der Waals surface area contributed by atoms with E-state index >= 15 is 0 Å². The predicted octanol–water partition coefficient (Wildman–Crippen LogP) is 14.9. The van der Waals surface area contributed by atoms with Gasteiger partial charge in [-0.25, -0.2) is 0 Å². The number of carbonyl (C=O) groups excluding carboxylic acids is 3. The third-order valence-corrected chi connectivity index (χ3v) is 11.7. The van der Waals surface area contributed by atoms with Crippen LogP contribution in [-0.4, -0.2) is 29.1 Å². The van der Waals surface area contributed by atoms with Gasteiger partial charge in [0, 0.05) is 24.0 Å². The average molecular weight is 958 g/mol. The van der Waals surface area contributed by atoms with E-state index in [2.05, 4.69) is 41.5 Å². The first kappa shape index (κ1) is 73.1. The van der Waals surface area contributed by atoms with Crippen molar-refractivity contribution in [1.82, 2.24) is 0 Å². The Morgan fingerprint density at radius 1 is 0.277 bits per heavy atom. The fraction of sp³-hybridized carbons (Fsp3) is 0.947. The van der Waals surface area contributed by atoms with Crippen molar-refractivity contribution in [2.24, 2.45) is 17.8 Å². The van der Waals surface area contributed by atoms with E-state index in [0.717, 1.165) is 56.3 Å². The molecular weight excluding hydrogens is 844 g/mol. The number of aliphatic carboxylic acids is 3. The van der Waals surface area contributed by atoms with Crippen molar-refractivity contribution in [3.63, 3.8) is 0 Å². The Bertz CT molecular complexity index is 796. The summed E-state index contributed by atoms with van der Waals surface area (Å²) < 4.78 is 0. The molecule has 0 aliphatic heterocycles. The van der Waals surface area contributed by atoms with Gasteiger partial charge in [-0.15, -0.1) is 0 Å². The van der Waals surface area contributed by atoms with Crippen molar-refractivity contribution in [1.29, 1.82) is 0 Å². The number of hydrogen-bond acceptors (Lipinski definition) is 7. The zero-order valence-corrected chi connectivity index (χ0v) is 46.5. The molecule has 0 rings (SSSR count). The second kappa shape index (κ2) is 63.1. The molecular formula is C57H113O7Ti. The summed E-state index contributed by atoms with van der Waals surface area (Å²) in [5.74, 6) is -0.125. The van der Waals surface area contributed by atoms with Crippen LogP contribution in [0.1, 0.15) is 325 Å². The number of aliphatic hydroxyl groups is 1. The van der Waals surface area contributed by atoms with Gasteiger partial charge in [-0.3, -0.25) is 0 Å². The van der Waals surface area contributed by atoms with Crippen LogP contribution >= 0.6 is 0 Å². The van der Waals surface area contributed by atoms with Gasteiger partial charge in [0.15, 0.2) is 0 Å². The van der Waals surface area contributed by atoms with Gasteiger partial charge in [-0.1, -0.05) is 273 Å². The second-order valence-corrected chi connectivity index (χ2v) is 20.7. The molecule has 0 atom stereocenters. The maximum absolute atomic E-state index is 10.2. The van der Waals surface area contributed by atoms with Gasteiger partial charge in [-0.05, 0) is 70.1 Å². The zero-order valence-electron chi connectivity index (χ0n) is 44.9. The summed E-state index contributed by atoms with van der Waals surface area (Å²) in [5, 5.41) is 38.7. The van der Waals surface area contributed by atoms with Gasteiger partial charge < -0.3 is 34.8 Å². The van der Waals surface area contributed by atoms with Crippen LogP contribution in [-0.2, 0) is 36.1 Å². The largest absolute Gasteiger partial charge is 3.00 e. The average Bonchev–Trinajstić information content (AvgIpc) is 3.21. The molecule has 387 valence electrons. The molecule has 0 saturated heterocycles. The number of carboxylic acids is 3. The maximum Gasteiger partial charge on any atom is 3.00 e. The molecule has 0 fully saturated rings. The predicted molar refractivity (Wildman–Crippen MR) is 271 cm³/mol. The molecule has 0 aromatic heterocycles. The molecule has 0 saturated carbocycles. The first-order valence-corrected chi connectivity index (χ1v) is 27.9. The van der Waals surface area contributed by atoms with E-state index in [9.17, 15) is 29.7 Å². The van der Waals surface area contributed by atoms with Crippen LogP contribution < -0.4 is 15.3 Å². The summed E-state index contributed by atoms with van der Waals surface area (Å²) in [4.78, 5) is 30.7. The van der Waals surface area contributed by atoms with E-state index in [4.69, 9.17) is 5.11 Å². The molecule has 1 radical (unpaired) electrons. The summed E-state index contributed by atoms with van der Waals surface area (Å²) in [6.45, 7) is 17.3. The fourth-order valence-electron chi connectivity index (χ4n) is 7.77. The van der Waals surface area contributed by atoms with Crippen LogP contribution in [0, 0.1) is 17.8 Å². The van der Waals surface area contributed by atoms with Crippen molar-refractivity contribution >= 4 is 17.9 Å². The Labute approximate surface area is 421 Å². The number of carbonyl (C=O) groups is 3. The number of carboxylic acid groups (broad SMARTS) is 3. The van der Waals surface area contributed by atoms with E-state index in [1.165, 1.54) is 212 Å². The van der Waals surface area contributed by atoms with Gasteiger partial charge in [0.05, 0.1) is 0 Å². The molecule has 7 nitrogen and oxygen atoms in total. The van der Waals surface area contributed by atoms with Gasteiger partial charge in [-0.2, -0.15) is 0 Å². The minimum absolute atomic E-state index is 0. The molecule has 8 heteroatoms. The van der Waals surface area contributed by atoms with Crippen LogP contribution in [0.15, 0.2) is 0 Å². The molecule has 0 spiro atoms. The Morgan fingerprint density at radius 3 is 0.492 bits per heavy atom. The Kier molecular flexibility index (Phi) is 70.9. The van der Waals surface area contributed by atoms with Crippen molar-refractivity contribution in [3.8, 4) is 0 Å². The molecule has 0 amide bonds. The van der Waals surface area contributed by atoms with Crippen LogP contribution in [0.4, 0.5) is 0 Å². The quantitative estimate of drug-likeness (QED) is 0.0473. The summed E-state index contributed by atoms with van der Waals surface area (Å²) >= 11 is 0. The van der Waals surface area contributed by atoms with Crippen molar-refractivity contribution in [3.05, 3.63) is 0 Å². The standard InChI is InChI=1S/3C18H36O2.C3H8O.Ti/c3*1-17(2)15-13-11-9-7-5-3-4-6-8-10-12-14-16-18(19)20;1-3(2)4;/h3*17H,3-16H2,1-2H3,(H,19,20);3-4H,1-2H3;/q;;;;+3/p-3. The second-order valence-electron chi connectivity index (χ2n) is 20.7. The van der Waals surface area contributed by atoms with Crippen LogP contribution in [0.3, 0.4) is 0 Å². The Hall–Kier alpha value is -0.916. The van der Waals surface area contributed by atoms with Gasteiger partial charge in [0.25, 0.3) is 0 Å². The molecule has 0 heterocycles. The van der Waals surface area contributed by atoms with Crippen molar-refractivity contribution < 1.29 is 56.5 Å². The van der Waals surface area contributed by atoms with Crippen LogP contribution in [0.25, 0.3) is 0 Å². The van der Waals surface area contributed by atoms with Crippen LogP contribution in [0.5, 0.6) is 0 Å². The van der Waals surface area contributed by atoms with E-state index < -0.39 is 17.9 Å². The maximum atomic E-state index is 10.2. The molecule has 0 aliphatic rings. The summed E-state index contributed by atoms with van der Waals surface area (Å²) in [5.41, 5.74) is 0. The normalized spacial score (nSPS) is 10.8. The Morgan fingerprint density at radius 2 is 0.385 bits per heavy atom. The fourth-order valence-corrected chi connectivity index (χ4v) is 7.77. The summed E-state index contributed by atoms with van der Waals surface area (Å²) in [6, 6.07) is 0. The minimum atomic E-state index is -0.904. The van der Waals surface area contributed by atoms with E-state index in [-0.39, 0.29) is 47.1 Å². The van der Waals surface area contributed by atoms with Crippen molar-refractivity contribution in [2.45, 2.75) is 331 Å². The third-order valence-electron chi connectivity index (χ3n) is 11.7.